The van der Waals surface area contributed by atoms with Gasteiger partial charge in [-0.15, -0.1) is 5.10 Å². The van der Waals surface area contributed by atoms with Crippen molar-refractivity contribution >= 4 is 35.5 Å². The first-order chi connectivity index (χ1) is 12.1. The SMILES string of the molecule is C=C/C=C(\C=C/C)C1=NNC(=C(N=C(C)c2ccsc2)C(=N)N=C)O1. The molecule has 128 valence electrons. The van der Waals surface area contributed by atoms with Gasteiger partial charge in [0.25, 0.3) is 0 Å². The van der Waals surface area contributed by atoms with E-state index in [2.05, 4.69) is 33.8 Å². The molecule has 2 heterocycles. The maximum atomic E-state index is 8.01. The first-order valence-corrected chi connectivity index (χ1v) is 8.40. The third kappa shape index (κ3) is 4.48. The largest absolute Gasteiger partial charge is 0.417 e. The van der Waals surface area contributed by atoms with Gasteiger partial charge in [0.1, 0.15) is 0 Å². The van der Waals surface area contributed by atoms with E-state index >= 15 is 0 Å². The number of hydrogen-bond donors (Lipinski definition) is 2. The van der Waals surface area contributed by atoms with Crippen LogP contribution in [0.25, 0.3) is 0 Å². The third-order valence-corrected chi connectivity index (χ3v) is 3.85. The Kier molecular flexibility index (Phi) is 6.36. The maximum absolute atomic E-state index is 8.01. The minimum Gasteiger partial charge on any atom is -0.417 e. The number of allylic oxidation sites excluding steroid dienone is 3. The molecule has 25 heavy (non-hydrogen) atoms. The summed E-state index contributed by atoms with van der Waals surface area (Å²) in [6.07, 6.45) is 7.15. The fraction of sp³-hybridized carbons (Fsp3) is 0.111. The van der Waals surface area contributed by atoms with Crippen LogP contribution >= 0.6 is 11.3 Å². The molecule has 0 unspecified atom stereocenters. The Morgan fingerprint density at radius 1 is 1.48 bits per heavy atom. The molecule has 0 bridgehead atoms. The smallest absolute Gasteiger partial charge is 0.245 e. The van der Waals surface area contributed by atoms with E-state index in [4.69, 9.17) is 10.1 Å². The molecule has 0 radical (unpaired) electrons. The van der Waals surface area contributed by atoms with Crippen LogP contribution in [0.5, 0.6) is 0 Å². The third-order valence-electron chi connectivity index (χ3n) is 3.16. The van der Waals surface area contributed by atoms with E-state index in [-0.39, 0.29) is 17.4 Å². The fourth-order valence-electron chi connectivity index (χ4n) is 1.96. The summed E-state index contributed by atoms with van der Waals surface area (Å²) in [6, 6.07) is 1.96. The lowest BCUT2D eigenvalue weighted by Gasteiger charge is -2.07. The number of amidine groups is 1. The summed E-state index contributed by atoms with van der Waals surface area (Å²) in [6.45, 7) is 10.8. The van der Waals surface area contributed by atoms with Crippen LogP contribution < -0.4 is 5.43 Å². The molecular weight excluding hydrogens is 334 g/mol. The number of aliphatic imine (C=N–C) groups is 2. The van der Waals surface area contributed by atoms with Gasteiger partial charge < -0.3 is 4.74 Å². The van der Waals surface area contributed by atoms with E-state index in [0.717, 1.165) is 16.8 Å². The van der Waals surface area contributed by atoms with Gasteiger partial charge in [0, 0.05) is 16.8 Å². The van der Waals surface area contributed by atoms with Gasteiger partial charge in [-0.2, -0.15) is 11.3 Å². The fourth-order valence-corrected chi connectivity index (χ4v) is 2.66. The summed E-state index contributed by atoms with van der Waals surface area (Å²) < 4.78 is 5.75. The monoisotopic (exact) mass is 353 g/mol. The Morgan fingerprint density at radius 3 is 2.88 bits per heavy atom. The van der Waals surface area contributed by atoms with Gasteiger partial charge in [-0.3, -0.25) is 5.41 Å². The molecule has 0 saturated carbocycles. The Hall–Kier alpha value is -3.06. The summed E-state index contributed by atoms with van der Waals surface area (Å²) in [7, 11) is 0. The van der Waals surface area contributed by atoms with Crippen molar-refractivity contribution in [3.05, 3.63) is 70.4 Å². The molecule has 7 heteroatoms. The average molecular weight is 353 g/mol. The number of hydrogen-bond acceptors (Lipinski definition) is 6. The van der Waals surface area contributed by atoms with Crippen molar-refractivity contribution in [3.63, 3.8) is 0 Å². The van der Waals surface area contributed by atoms with Gasteiger partial charge in [0.15, 0.2) is 11.5 Å². The van der Waals surface area contributed by atoms with Crippen LogP contribution in [0.4, 0.5) is 0 Å². The molecule has 1 aromatic rings. The van der Waals surface area contributed by atoms with E-state index in [9.17, 15) is 0 Å². The molecule has 2 N–H and O–H groups in total. The Morgan fingerprint density at radius 2 is 2.28 bits per heavy atom. The number of hydrazone groups is 1. The molecule has 0 spiro atoms. The molecule has 0 aliphatic carbocycles. The van der Waals surface area contributed by atoms with Crippen LogP contribution in [0.3, 0.4) is 0 Å². The van der Waals surface area contributed by atoms with E-state index in [0.29, 0.717) is 5.90 Å². The van der Waals surface area contributed by atoms with Crippen LogP contribution in [-0.2, 0) is 4.74 Å². The minimum absolute atomic E-state index is 0.103. The number of nitrogens with one attached hydrogen (secondary N) is 2. The van der Waals surface area contributed by atoms with Crippen molar-refractivity contribution < 1.29 is 4.74 Å². The Labute approximate surface area is 150 Å². The standard InChI is InChI=1S/C18H19N5OS/c1-5-7-13(8-6-2)17-22-23-18(24-17)15(16(19)20-4)21-12(3)14-9-10-25-11-14/h5-11,19,23H,1,4H2,2-3H3/b8-6-,13-7+,18-15?,19-16?,21-12?. The Bertz CT molecular complexity index is 826. The highest BCUT2D eigenvalue weighted by Crippen LogP contribution is 2.19. The van der Waals surface area contributed by atoms with Crippen molar-refractivity contribution in [1.82, 2.24) is 5.43 Å². The summed E-state index contributed by atoms with van der Waals surface area (Å²) in [4.78, 5) is 8.15. The second-order valence-electron chi connectivity index (χ2n) is 4.88. The number of thiophene rings is 1. The van der Waals surface area contributed by atoms with Crippen molar-refractivity contribution in [3.8, 4) is 0 Å². The minimum atomic E-state index is -0.103. The number of rotatable bonds is 6. The molecule has 0 saturated heterocycles. The molecule has 2 rings (SSSR count). The van der Waals surface area contributed by atoms with Crippen LogP contribution in [-0.4, -0.2) is 24.2 Å². The molecule has 1 aromatic heterocycles. The highest BCUT2D eigenvalue weighted by molar-refractivity contribution is 7.08. The molecule has 0 amide bonds. The summed E-state index contributed by atoms with van der Waals surface area (Å²) in [5.41, 5.74) is 5.47. The van der Waals surface area contributed by atoms with E-state index in [1.807, 2.05) is 42.8 Å². The Balaban J connectivity index is 2.38. The predicted octanol–water partition coefficient (Wildman–Crippen LogP) is 4.03. The lowest BCUT2D eigenvalue weighted by molar-refractivity contribution is 0.412. The zero-order valence-corrected chi connectivity index (χ0v) is 14.9. The maximum Gasteiger partial charge on any atom is 0.245 e. The van der Waals surface area contributed by atoms with Crippen LogP contribution in [0.2, 0.25) is 0 Å². The van der Waals surface area contributed by atoms with E-state index in [1.54, 1.807) is 23.5 Å². The van der Waals surface area contributed by atoms with Crippen molar-refractivity contribution in [2.75, 3.05) is 0 Å². The van der Waals surface area contributed by atoms with Gasteiger partial charge in [-0.05, 0) is 37.4 Å². The molecular formula is C18H19N5OS. The average Bonchev–Trinajstić information content (AvgIpc) is 3.30. The van der Waals surface area contributed by atoms with Crippen LogP contribution in [0.15, 0.2) is 79.9 Å². The summed E-state index contributed by atoms with van der Waals surface area (Å²) in [5, 5.41) is 16.1. The lowest BCUT2D eigenvalue weighted by Crippen LogP contribution is -2.11. The molecule has 1 aliphatic rings. The predicted molar refractivity (Wildman–Crippen MR) is 106 cm³/mol. The summed E-state index contributed by atoms with van der Waals surface area (Å²) >= 11 is 1.58. The second-order valence-corrected chi connectivity index (χ2v) is 5.66. The van der Waals surface area contributed by atoms with Gasteiger partial charge in [-0.1, -0.05) is 30.9 Å². The number of ether oxygens (including phenoxy) is 1. The molecule has 1 aliphatic heterocycles. The van der Waals surface area contributed by atoms with Gasteiger partial charge >= 0.3 is 0 Å². The van der Waals surface area contributed by atoms with Gasteiger partial charge in [0.2, 0.25) is 11.8 Å². The summed E-state index contributed by atoms with van der Waals surface area (Å²) in [5.74, 6) is 0.501. The van der Waals surface area contributed by atoms with Gasteiger partial charge in [0.05, 0.1) is 0 Å². The number of nitrogens with zero attached hydrogens (tertiary/aromatic N) is 3. The van der Waals surface area contributed by atoms with E-state index < -0.39 is 0 Å². The lowest BCUT2D eigenvalue weighted by atomic mass is 10.2. The molecule has 0 aromatic carbocycles. The van der Waals surface area contributed by atoms with Crippen molar-refractivity contribution in [2.45, 2.75) is 13.8 Å². The van der Waals surface area contributed by atoms with Crippen LogP contribution in [0.1, 0.15) is 19.4 Å². The van der Waals surface area contributed by atoms with E-state index in [1.165, 1.54) is 0 Å². The first-order valence-electron chi connectivity index (χ1n) is 7.45. The molecule has 6 nitrogen and oxygen atoms in total. The second kappa shape index (κ2) is 8.70. The topological polar surface area (TPSA) is 82.2 Å². The molecule has 0 atom stereocenters. The van der Waals surface area contributed by atoms with Crippen molar-refractivity contribution in [2.24, 2.45) is 15.1 Å². The van der Waals surface area contributed by atoms with Crippen LogP contribution in [0, 0.1) is 5.41 Å². The zero-order chi connectivity index (χ0) is 18.2. The highest BCUT2D eigenvalue weighted by atomic mass is 32.1. The highest BCUT2D eigenvalue weighted by Gasteiger charge is 2.22. The first kappa shape index (κ1) is 18.3. The normalized spacial score (nSPS) is 17.0. The van der Waals surface area contributed by atoms with Gasteiger partial charge in [-0.25, -0.2) is 15.4 Å². The van der Waals surface area contributed by atoms with Crippen molar-refractivity contribution in [1.29, 1.82) is 5.41 Å². The zero-order valence-electron chi connectivity index (χ0n) is 14.1. The molecule has 0 fully saturated rings. The quantitative estimate of drug-likeness (QED) is 0.460.